The summed E-state index contributed by atoms with van der Waals surface area (Å²) in [5, 5.41) is 0.322. The van der Waals surface area contributed by atoms with Crippen LogP contribution in [0.1, 0.15) is 12.5 Å². The molecule has 2 rings (SSSR count). The standard InChI is InChI=1S/C17H20ClNO5S/c1-4-24-11-12-5-7-13(8-6-12)25(20,21)19-15-10-16(22-2)14(18)9-17(15)23-3/h5-10,19H,4,11H2,1-3H3. The monoisotopic (exact) mass is 385 g/mol. The lowest BCUT2D eigenvalue weighted by Crippen LogP contribution is -2.14. The molecule has 0 fully saturated rings. The average Bonchev–Trinajstić information content (AvgIpc) is 2.61. The Kier molecular flexibility index (Phi) is 6.52. The van der Waals surface area contributed by atoms with E-state index < -0.39 is 10.0 Å². The summed E-state index contributed by atoms with van der Waals surface area (Å²) in [4.78, 5) is 0.128. The molecule has 0 aliphatic rings. The van der Waals surface area contributed by atoms with Gasteiger partial charge in [0.1, 0.15) is 11.5 Å². The molecule has 0 saturated heterocycles. The fourth-order valence-electron chi connectivity index (χ4n) is 2.13. The molecule has 136 valence electrons. The lowest BCUT2D eigenvalue weighted by atomic mass is 10.2. The summed E-state index contributed by atoms with van der Waals surface area (Å²) in [5.41, 5.74) is 1.13. The highest BCUT2D eigenvalue weighted by molar-refractivity contribution is 7.92. The van der Waals surface area contributed by atoms with Crippen molar-refractivity contribution in [3.05, 3.63) is 47.0 Å². The Morgan fingerprint density at radius 1 is 1.04 bits per heavy atom. The van der Waals surface area contributed by atoms with E-state index in [1.807, 2.05) is 6.92 Å². The van der Waals surface area contributed by atoms with Crippen LogP contribution in [0.3, 0.4) is 0 Å². The molecule has 8 heteroatoms. The first kappa shape index (κ1) is 19.4. The molecule has 0 atom stereocenters. The molecule has 0 unspecified atom stereocenters. The van der Waals surface area contributed by atoms with Crippen LogP contribution in [0.15, 0.2) is 41.3 Å². The second kappa shape index (κ2) is 8.42. The minimum absolute atomic E-state index is 0.128. The van der Waals surface area contributed by atoms with Crippen LogP contribution in [0, 0.1) is 0 Å². The second-order valence-electron chi connectivity index (χ2n) is 5.07. The summed E-state index contributed by atoms with van der Waals surface area (Å²) in [5.74, 6) is 0.634. The van der Waals surface area contributed by atoms with Gasteiger partial charge >= 0.3 is 0 Å². The van der Waals surface area contributed by atoms with Gasteiger partial charge in [0.2, 0.25) is 0 Å². The Labute approximate surface area is 152 Å². The van der Waals surface area contributed by atoms with E-state index in [9.17, 15) is 8.42 Å². The SMILES string of the molecule is CCOCc1ccc(S(=O)(=O)Nc2cc(OC)c(Cl)cc2OC)cc1. The Morgan fingerprint density at radius 2 is 1.68 bits per heavy atom. The molecule has 0 aliphatic heterocycles. The van der Waals surface area contributed by atoms with E-state index in [4.69, 9.17) is 25.8 Å². The molecule has 25 heavy (non-hydrogen) atoms. The number of halogens is 1. The van der Waals surface area contributed by atoms with Crippen molar-refractivity contribution >= 4 is 27.3 Å². The summed E-state index contributed by atoms with van der Waals surface area (Å²) in [6, 6.07) is 9.44. The molecule has 0 amide bonds. The summed E-state index contributed by atoms with van der Waals surface area (Å²) >= 11 is 6.03. The number of hydrogen-bond acceptors (Lipinski definition) is 5. The summed E-state index contributed by atoms with van der Waals surface area (Å²) in [6.45, 7) is 2.93. The highest BCUT2D eigenvalue weighted by atomic mass is 35.5. The number of methoxy groups -OCH3 is 2. The maximum Gasteiger partial charge on any atom is 0.262 e. The Bertz CT molecular complexity index is 822. The molecule has 0 aromatic heterocycles. The maximum absolute atomic E-state index is 12.6. The quantitative estimate of drug-likeness (QED) is 0.750. The normalized spacial score (nSPS) is 11.2. The molecule has 0 heterocycles. The van der Waals surface area contributed by atoms with E-state index in [1.165, 1.54) is 38.5 Å². The number of benzene rings is 2. The molecular formula is C17H20ClNO5S. The van der Waals surface area contributed by atoms with Gasteiger partial charge in [-0.2, -0.15) is 0 Å². The Hall–Kier alpha value is -1.96. The number of nitrogens with one attached hydrogen (secondary N) is 1. The third-order valence-electron chi connectivity index (χ3n) is 3.42. The number of hydrogen-bond donors (Lipinski definition) is 1. The lowest BCUT2D eigenvalue weighted by molar-refractivity contribution is 0.134. The van der Waals surface area contributed by atoms with Crippen molar-refractivity contribution in [1.29, 1.82) is 0 Å². The molecule has 6 nitrogen and oxygen atoms in total. The number of sulfonamides is 1. The highest BCUT2D eigenvalue weighted by Crippen LogP contribution is 2.36. The Morgan fingerprint density at radius 3 is 2.24 bits per heavy atom. The van der Waals surface area contributed by atoms with E-state index in [0.717, 1.165) is 5.56 Å². The van der Waals surface area contributed by atoms with Crippen molar-refractivity contribution < 1.29 is 22.6 Å². The van der Waals surface area contributed by atoms with Crippen LogP contribution in [0.4, 0.5) is 5.69 Å². The van der Waals surface area contributed by atoms with E-state index >= 15 is 0 Å². The first-order valence-corrected chi connectivity index (χ1v) is 9.38. The van der Waals surface area contributed by atoms with Crippen LogP contribution in [0.25, 0.3) is 0 Å². The minimum atomic E-state index is -3.79. The van der Waals surface area contributed by atoms with Crippen molar-refractivity contribution in [3.8, 4) is 11.5 Å². The zero-order valence-corrected chi connectivity index (χ0v) is 15.8. The predicted molar refractivity (Wildman–Crippen MR) is 97.1 cm³/mol. The zero-order valence-electron chi connectivity index (χ0n) is 14.2. The number of anilines is 1. The van der Waals surface area contributed by atoms with Crippen LogP contribution < -0.4 is 14.2 Å². The van der Waals surface area contributed by atoms with Crippen LogP contribution in [0.2, 0.25) is 5.02 Å². The van der Waals surface area contributed by atoms with Crippen LogP contribution >= 0.6 is 11.6 Å². The van der Waals surface area contributed by atoms with Gasteiger partial charge in [0.25, 0.3) is 10.0 Å². The van der Waals surface area contributed by atoms with Crippen LogP contribution in [0.5, 0.6) is 11.5 Å². The van der Waals surface area contributed by atoms with E-state index in [2.05, 4.69) is 4.72 Å². The van der Waals surface area contributed by atoms with Gasteiger partial charge in [0.05, 0.1) is 36.4 Å². The van der Waals surface area contributed by atoms with E-state index in [0.29, 0.717) is 29.7 Å². The molecular weight excluding hydrogens is 366 g/mol. The molecule has 0 spiro atoms. The fourth-order valence-corrected chi connectivity index (χ4v) is 3.42. The van der Waals surface area contributed by atoms with Crippen molar-refractivity contribution in [1.82, 2.24) is 0 Å². The van der Waals surface area contributed by atoms with Gasteiger partial charge in [-0.05, 0) is 24.6 Å². The van der Waals surface area contributed by atoms with Gasteiger partial charge in [-0.3, -0.25) is 4.72 Å². The Balaban J connectivity index is 2.29. The van der Waals surface area contributed by atoms with Crippen molar-refractivity contribution in [2.75, 3.05) is 25.5 Å². The molecule has 0 aliphatic carbocycles. The third-order valence-corrected chi connectivity index (χ3v) is 5.10. The van der Waals surface area contributed by atoms with Gasteiger partial charge in [0.15, 0.2) is 0 Å². The van der Waals surface area contributed by atoms with Crippen molar-refractivity contribution in [2.45, 2.75) is 18.4 Å². The van der Waals surface area contributed by atoms with Gasteiger partial charge in [-0.1, -0.05) is 23.7 Å². The summed E-state index contributed by atoms with van der Waals surface area (Å²) < 4.78 is 43.3. The first-order chi connectivity index (χ1) is 11.9. The lowest BCUT2D eigenvalue weighted by Gasteiger charge is -2.14. The zero-order chi connectivity index (χ0) is 18.4. The fraction of sp³-hybridized carbons (Fsp3) is 0.294. The van der Waals surface area contributed by atoms with Crippen LogP contribution in [-0.2, 0) is 21.4 Å². The van der Waals surface area contributed by atoms with Crippen molar-refractivity contribution in [2.24, 2.45) is 0 Å². The second-order valence-corrected chi connectivity index (χ2v) is 7.16. The third kappa shape index (κ3) is 4.78. The highest BCUT2D eigenvalue weighted by Gasteiger charge is 2.18. The topological polar surface area (TPSA) is 73.9 Å². The van der Waals surface area contributed by atoms with Crippen LogP contribution in [-0.4, -0.2) is 29.2 Å². The van der Waals surface area contributed by atoms with Gasteiger partial charge in [-0.15, -0.1) is 0 Å². The molecule has 0 saturated carbocycles. The average molecular weight is 386 g/mol. The molecule has 0 bridgehead atoms. The number of ether oxygens (including phenoxy) is 3. The van der Waals surface area contributed by atoms with E-state index in [1.54, 1.807) is 12.1 Å². The van der Waals surface area contributed by atoms with E-state index in [-0.39, 0.29) is 10.6 Å². The summed E-state index contributed by atoms with van der Waals surface area (Å²) in [6.07, 6.45) is 0. The summed E-state index contributed by atoms with van der Waals surface area (Å²) in [7, 11) is -0.914. The molecule has 2 aromatic rings. The molecule has 2 aromatic carbocycles. The molecule has 1 N–H and O–H groups in total. The predicted octanol–water partition coefficient (Wildman–Crippen LogP) is 3.69. The maximum atomic E-state index is 12.6. The van der Waals surface area contributed by atoms with Crippen molar-refractivity contribution in [3.63, 3.8) is 0 Å². The first-order valence-electron chi connectivity index (χ1n) is 7.52. The smallest absolute Gasteiger partial charge is 0.262 e. The largest absolute Gasteiger partial charge is 0.495 e. The van der Waals surface area contributed by atoms with Gasteiger partial charge in [-0.25, -0.2) is 8.42 Å². The molecule has 0 radical (unpaired) electrons. The van der Waals surface area contributed by atoms with Gasteiger partial charge in [0, 0.05) is 18.7 Å². The van der Waals surface area contributed by atoms with Gasteiger partial charge < -0.3 is 14.2 Å². The minimum Gasteiger partial charge on any atom is -0.495 e. The number of rotatable bonds is 8.